The van der Waals surface area contributed by atoms with E-state index in [2.05, 4.69) is 20.7 Å². The predicted octanol–water partition coefficient (Wildman–Crippen LogP) is 2.61. The van der Waals surface area contributed by atoms with Crippen LogP contribution in [0, 0.1) is 0 Å². The third-order valence-corrected chi connectivity index (χ3v) is 3.83. The van der Waals surface area contributed by atoms with Gasteiger partial charge in [0.2, 0.25) is 0 Å². The minimum Gasteiger partial charge on any atom is -0.381 e. The number of rotatable bonds is 5. The van der Waals surface area contributed by atoms with E-state index >= 15 is 0 Å². The lowest BCUT2D eigenvalue weighted by Crippen LogP contribution is -2.23. The molecular weight excluding hydrogens is 373 g/mol. The molecule has 1 aromatic carbocycles. The smallest absolute Gasteiger partial charge is 0.381 e. The molecule has 0 atom stereocenters. The first-order valence-electron chi connectivity index (χ1n) is 7.40. The number of nitrogens with zero attached hydrogens (tertiary/aromatic N) is 5. The van der Waals surface area contributed by atoms with Gasteiger partial charge >= 0.3 is 6.18 Å². The van der Waals surface area contributed by atoms with Gasteiger partial charge in [0.05, 0.1) is 35.9 Å². The van der Waals surface area contributed by atoms with Gasteiger partial charge in [-0.15, -0.1) is 5.10 Å². The third-order valence-electron chi connectivity index (χ3n) is 3.47. The van der Waals surface area contributed by atoms with E-state index in [-0.39, 0.29) is 16.4 Å². The maximum Gasteiger partial charge on any atom is 0.416 e. The Hall–Kier alpha value is -2.88. The van der Waals surface area contributed by atoms with E-state index < -0.39 is 17.3 Å². The van der Waals surface area contributed by atoms with Gasteiger partial charge in [0.1, 0.15) is 5.02 Å². The molecule has 0 saturated carbocycles. The summed E-state index contributed by atoms with van der Waals surface area (Å²) in [6.45, 7) is 0.880. The van der Waals surface area contributed by atoms with Crippen LogP contribution in [0.15, 0.2) is 47.7 Å². The average Bonchev–Trinajstić information content (AvgIpc) is 3.11. The summed E-state index contributed by atoms with van der Waals surface area (Å²) in [6, 6.07) is 4.29. The van der Waals surface area contributed by atoms with Crippen LogP contribution in [0.5, 0.6) is 0 Å². The van der Waals surface area contributed by atoms with E-state index in [1.54, 1.807) is 10.9 Å². The molecule has 0 aliphatic heterocycles. The van der Waals surface area contributed by atoms with Gasteiger partial charge in [-0.1, -0.05) is 22.9 Å². The Morgan fingerprint density at radius 2 is 2.08 bits per heavy atom. The molecule has 0 amide bonds. The Bertz CT molecular complexity index is 955. The van der Waals surface area contributed by atoms with Crippen molar-refractivity contribution in [2.45, 2.75) is 12.7 Å². The molecule has 0 saturated heterocycles. The van der Waals surface area contributed by atoms with Crippen molar-refractivity contribution in [1.82, 2.24) is 24.8 Å². The number of halogens is 4. The molecule has 0 bridgehead atoms. The second kappa shape index (κ2) is 7.16. The lowest BCUT2D eigenvalue weighted by Gasteiger charge is -2.12. The van der Waals surface area contributed by atoms with Crippen LogP contribution in [0.1, 0.15) is 5.56 Å². The van der Waals surface area contributed by atoms with Crippen LogP contribution in [0.2, 0.25) is 5.02 Å². The number of anilines is 1. The monoisotopic (exact) mass is 384 g/mol. The molecule has 0 unspecified atom stereocenters. The highest BCUT2D eigenvalue weighted by atomic mass is 35.5. The quantitative estimate of drug-likeness (QED) is 0.731. The van der Waals surface area contributed by atoms with Crippen LogP contribution in [-0.2, 0) is 12.7 Å². The number of hydrogen-bond donors (Lipinski definition) is 1. The Labute approximate surface area is 150 Å². The summed E-state index contributed by atoms with van der Waals surface area (Å²) in [6.07, 6.45) is -0.0322. The normalized spacial score (nSPS) is 11.5. The van der Waals surface area contributed by atoms with Gasteiger partial charge in [-0.2, -0.15) is 23.0 Å². The highest BCUT2D eigenvalue weighted by molar-refractivity contribution is 6.32. The molecule has 1 N–H and O–H groups in total. The molecule has 0 aliphatic carbocycles. The Morgan fingerprint density at radius 3 is 2.77 bits per heavy atom. The molecule has 2 aromatic heterocycles. The SMILES string of the molecule is O=c1c(Cl)c(NCCn2ccnn2)cnn1-c1cccc(C(F)(F)F)c1. The standard InChI is InChI=1S/C15H12ClF3N6O/c16-13-12(20-4-6-24-7-5-21-23-24)9-22-25(14(13)26)11-3-1-2-10(8-11)15(17,18)19/h1-3,5,7-9,20H,4,6H2. The van der Waals surface area contributed by atoms with Crippen molar-refractivity contribution in [3.8, 4) is 5.69 Å². The van der Waals surface area contributed by atoms with Gasteiger partial charge < -0.3 is 5.32 Å². The van der Waals surface area contributed by atoms with Gasteiger partial charge in [0.15, 0.2) is 0 Å². The number of nitrogens with one attached hydrogen (secondary N) is 1. The van der Waals surface area contributed by atoms with Crippen molar-refractivity contribution >= 4 is 17.3 Å². The number of hydrogen-bond acceptors (Lipinski definition) is 5. The number of aromatic nitrogens is 5. The molecule has 11 heteroatoms. The van der Waals surface area contributed by atoms with E-state index in [0.717, 1.165) is 16.8 Å². The fourth-order valence-corrected chi connectivity index (χ4v) is 2.41. The molecule has 0 radical (unpaired) electrons. The van der Waals surface area contributed by atoms with Gasteiger partial charge in [-0.05, 0) is 18.2 Å². The molecule has 136 valence electrons. The number of alkyl halides is 3. The topological polar surface area (TPSA) is 77.6 Å². The minimum absolute atomic E-state index is 0.0270. The first kappa shape index (κ1) is 17.9. The summed E-state index contributed by atoms with van der Waals surface area (Å²) in [5.74, 6) is 0. The van der Waals surface area contributed by atoms with Gasteiger partial charge in [0.25, 0.3) is 5.56 Å². The van der Waals surface area contributed by atoms with Crippen LogP contribution in [0.4, 0.5) is 18.9 Å². The highest BCUT2D eigenvalue weighted by Crippen LogP contribution is 2.30. The fraction of sp³-hybridized carbons (Fsp3) is 0.200. The summed E-state index contributed by atoms with van der Waals surface area (Å²) in [7, 11) is 0. The summed E-state index contributed by atoms with van der Waals surface area (Å²) in [5, 5.41) is 14.1. The van der Waals surface area contributed by atoms with Gasteiger partial charge in [0, 0.05) is 12.7 Å². The van der Waals surface area contributed by atoms with Crippen molar-refractivity contribution < 1.29 is 13.2 Å². The lowest BCUT2D eigenvalue weighted by molar-refractivity contribution is -0.137. The third kappa shape index (κ3) is 3.85. The van der Waals surface area contributed by atoms with Crippen LogP contribution >= 0.6 is 11.6 Å². The zero-order valence-electron chi connectivity index (χ0n) is 13.1. The Morgan fingerprint density at radius 1 is 1.27 bits per heavy atom. The van der Waals surface area contributed by atoms with Gasteiger partial charge in [-0.25, -0.2) is 0 Å². The van der Waals surface area contributed by atoms with E-state index in [1.165, 1.54) is 24.5 Å². The molecule has 0 spiro atoms. The predicted molar refractivity (Wildman–Crippen MR) is 88.4 cm³/mol. The molecule has 3 rings (SSSR count). The molecule has 0 aliphatic rings. The van der Waals surface area contributed by atoms with Crippen LogP contribution in [0.3, 0.4) is 0 Å². The summed E-state index contributed by atoms with van der Waals surface area (Å²) in [5.41, 5.74) is -1.35. The molecule has 2 heterocycles. The summed E-state index contributed by atoms with van der Waals surface area (Å²) >= 11 is 6.05. The first-order valence-corrected chi connectivity index (χ1v) is 7.77. The largest absolute Gasteiger partial charge is 0.416 e. The average molecular weight is 385 g/mol. The highest BCUT2D eigenvalue weighted by Gasteiger charge is 2.30. The van der Waals surface area contributed by atoms with E-state index in [4.69, 9.17) is 11.6 Å². The lowest BCUT2D eigenvalue weighted by atomic mass is 10.2. The summed E-state index contributed by atoms with van der Waals surface area (Å²) in [4.78, 5) is 12.4. The first-order chi connectivity index (χ1) is 12.4. The minimum atomic E-state index is -4.52. The van der Waals surface area contributed by atoms with Crippen molar-refractivity contribution in [2.24, 2.45) is 0 Å². The van der Waals surface area contributed by atoms with Crippen molar-refractivity contribution in [3.63, 3.8) is 0 Å². The number of benzene rings is 1. The molecule has 7 nitrogen and oxygen atoms in total. The van der Waals surface area contributed by atoms with Crippen LogP contribution in [-0.4, -0.2) is 31.3 Å². The van der Waals surface area contributed by atoms with E-state index in [0.29, 0.717) is 13.1 Å². The van der Waals surface area contributed by atoms with Crippen molar-refractivity contribution in [2.75, 3.05) is 11.9 Å². The second-order valence-electron chi connectivity index (χ2n) is 5.23. The Balaban J connectivity index is 1.82. The fourth-order valence-electron chi connectivity index (χ4n) is 2.21. The molecule has 0 fully saturated rings. The van der Waals surface area contributed by atoms with Gasteiger partial charge in [-0.3, -0.25) is 9.48 Å². The molecular formula is C15H12ClF3N6O. The second-order valence-corrected chi connectivity index (χ2v) is 5.61. The van der Waals surface area contributed by atoms with E-state index in [9.17, 15) is 18.0 Å². The molecule has 3 aromatic rings. The summed E-state index contributed by atoms with van der Waals surface area (Å²) < 4.78 is 40.9. The molecule has 26 heavy (non-hydrogen) atoms. The van der Waals surface area contributed by atoms with Crippen molar-refractivity contribution in [1.29, 1.82) is 0 Å². The van der Waals surface area contributed by atoms with Crippen molar-refractivity contribution in [3.05, 3.63) is 63.8 Å². The van der Waals surface area contributed by atoms with Crippen LogP contribution < -0.4 is 10.9 Å². The maximum absolute atomic E-state index is 12.8. The zero-order chi connectivity index (χ0) is 18.7. The zero-order valence-corrected chi connectivity index (χ0v) is 13.9. The Kier molecular flexibility index (Phi) is 4.94. The van der Waals surface area contributed by atoms with E-state index in [1.807, 2.05) is 0 Å². The maximum atomic E-state index is 12.8. The van der Waals surface area contributed by atoms with Crippen LogP contribution in [0.25, 0.3) is 5.69 Å².